The van der Waals surface area contributed by atoms with Gasteiger partial charge in [0.15, 0.2) is 0 Å². The third kappa shape index (κ3) is 3.25. The molecular formula is C13H22N4O. The van der Waals surface area contributed by atoms with E-state index in [4.69, 9.17) is 0 Å². The van der Waals surface area contributed by atoms with Gasteiger partial charge in [0.05, 0.1) is 6.61 Å². The molecule has 0 spiro atoms. The van der Waals surface area contributed by atoms with Crippen molar-refractivity contribution in [2.24, 2.45) is 0 Å². The number of rotatable bonds is 4. The Balaban J connectivity index is 1.92. The highest BCUT2D eigenvalue weighted by molar-refractivity contribution is 5.05. The zero-order valence-corrected chi connectivity index (χ0v) is 11.2. The second kappa shape index (κ2) is 6.22. The fraction of sp³-hybridized carbons (Fsp3) is 0.692. The summed E-state index contributed by atoms with van der Waals surface area (Å²) in [5, 5.41) is 9.32. The molecule has 1 N–H and O–H groups in total. The summed E-state index contributed by atoms with van der Waals surface area (Å²) >= 11 is 0. The van der Waals surface area contributed by atoms with Crippen LogP contribution in [0.3, 0.4) is 0 Å². The SMILES string of the molecule is CCc1ncc(CN2CCN(C)C(CO)C2)cn1. The summed E-state index contributed by atoms with van der Waals surface area (Å²) in [4.78, 5) is 13.2. The van der Waals surface area contributed by atoms with Gasteiger partial charge in [-0.3, -0.25) is 9.80 Å². The fourth-order valence-corrected chi connectivity index (χ4v) is 2.26. The third-order valence-electron chi connectivity index (χ3n) is 3.55. The molecule has 0 aromatic carbocycles. The number of aryl methyl sites for hydroxylation is 1. The largest absolute Gasteiger partial charge is 0.395 e. The molecule has 0 saturated carbocycles. The van der Waals surface area contributed by atoms with Gasteiger partial charge in [0, 0.05) is 56.6 Å². The summed E-state index contributed by atoms with van der Waals surface area (Å²) < 4.78 is 0. The van der Waals surface area contributed by atoms with Crippen LogP contribution in [0.2, 0.25) is 0 Å². The first kappa shape index (κ1) is 13.4. The first-order chi connectivity index (χ1) is 8.72. The Labute approximate surface area is 108 Å². The van der Waals surface area contributed by atoms with Gasteiger partial charge in [0.25, 0.3) is 0 Å². The maximum Gasteiger partial charge on any atom is 0.127 e. The summed E-state index contributed by atoms with van der Waals surface area (Å²) in [5.74, 6) is 0.894. The Morgan fingerprint density at radius 1 is 1.33 bits per heavy atom. The van der Waals surface area contributed by atoms with Crippen molar-refractivity contribution in [3.05, 3.63) is 23.8 Å². The van der Waals surface area contributed by atoms with E-state index in [-0.39, 0.29) is 12.6 Å². The van der Waals surface area contributed by atoms with Crippen LogP contribution in [-0.4, -0.2) is 64.2 Å². The molecular weight excluding hydrogens is 228 g/mol. The molecule has 1 aromatic heterocycles. The molecule has 1 aliphatic rings. The average Bonchev–Trinajstić information content (AvgIpc) is 2.42. The highest BCUT2D eigenvalue weighted by atomic mass is 16.3. The number of hydrogen-bond acceptors (Lipinski definition) is 5. The quantitative estimate of drug-likeness (QED) is 0.824. The van der Waals surface area contributed by atoms with Crippen molar-refractivity contribution in [2.45, 2.75) is 25.9 Å². The zero-order valence-electron chi connectivity index (χ0n) is 11.2. The first-order valence-corrected chi connectivity index (χ1v) is 6.56. The highest BCUT2D eigenvalue weighted by Gasteiger charge is 2.23. The monoisotopic (exact) mass is 250 g/mol. The van der Waals surface area contributed by atoms with Crippen molar-refractivity contribution in [1.82, 2.24) is 19.8 Å². The van der Waals surface area contributed by atoms with E-state index in [1.807, 2.05) is 12.4 Å². The number of nitrogens with zero attached hydrogens (tertiary/aromatic N) is 4. The zero-order chi connectivity index (χ0) is 13.0. The van der Waals surface area contributed by atoms with Crippen molar-refractivity contribution in [3.8, 4) is 0 Å². The Kier molecular flexibility index (Phi) is 4.63. The van der Waals surface area contributed by atoms with Crippen LogP contribution in [0.1, 0.15) is 18.3 Å². The van der Waals surface area contributed by atoms with Crippen LogP contribution in [0.25, 0.3) is 0 Å². The summed E-state index contributed by atoms with van der Waals surface area (Å²) in [6.45, 7) is 6.08. The lowest BCUT2D eigenvalue weighted by Crippen LogP contribution is -2.52. The van der Waals surface area contributed by atoms with Gasteiger partial charge >= 0.3 is 0 Å². The molecule has 18 heavy (non-hydrogen) atoms. The molecule has 5 nitrogen and oxygen atoms in total. The average molecular weight is 250 g/mol. The van der Waals surface area contributed by atoms with Crippen LogP contribution >= 0.6 is 0 Å². The van der Waals surface area contributed by atoms with E-state index in [1.165, 1.54) is 0 Å². The molecule has 100 valence electrons. The number of aromatic nitrogens is 2. The van der Waals surface area contributed by atoms with E-state index in [0.29, 0.717) is 0 Å². The van der Waals surface area contributed by atoms with E-state index < -0.39 is 0 Å². The Morgan fingerprint density at radius 3 is 2.67 bits per heavy atom. The van der Waals surface area contributed by atoms with Gasteiger partial charge in [0.2, 0.25) is 0 Å². The van der Waals surface area contributed by atoms with Gasteiger partial charge in [-0.15, -0.1) is 0 Å². The predicted octanol–water partition coefficient (Wildman–Crippen LogP) is 0.147. The van der Waals surface area contributed by atoms with Crippen molar-refractivity contribution in [3.63, 3.8) is 0 Å². The number of hydrogen-bond donors (Lipinski definition) is 1. The highest BCUT2D eigenvalue weighted by Crippen LogP contribution is 2.10. The smallest absolute Gasteiger partial charge is 0.127 e. The van der Waals surface area contributed by atoms with Crippen molar-refractivity contribution >= 4 is 0 Å². The lowest BCUT2D eigenvalue weighted by atomic mass is 10.1. The first-order valence-electron chi connectivity index (χ1n) is 6.56. The summed E-state index contributed by atoms with van der Waals surface area (Å²) in [6, 6.07) is 0.245. The van der Waals surface area contributed by atoms with Crippen molar-refractivity contribution in [2.75, 3.05) is 33.3 Å². The summed E-state index contributed by atoms with van der Waals surface area (Å²) in [6.07, 6.45) is 4.71. The standard InChI is InChI=1S/C13H22N4O/c1-3-13-14-6-11(7-15-13)8-17-5-4-16(2)12(9-17)10-18/h6-7,12,18H,3-5,8-10H2,1-2H3. The summed E-state index contributed by atoms with van der Waals surface area (Å²) in [5.41, 5.74) is 1.15. The van der Waals surface area contributed by atoms with Crippen LogP contribution < -0.4 is 0 Å². The van der Waals surface area contributed by atoms with Gasteiger partial charge in [0.1, 0.15) is 5.82 Å². The topological polar surface area (TPSA) is 52.5 Å². The molecule has 1 aromatic rings. The second-order valence-electron chi connectivity index (χ2n) is 4.91. The van der Waals surface area contributed by atoms with Gasteiger partial charge < -0.3 is 5.11 Å². The molecule has 1 fully saturated rings. The molecule has 0 amide bonds. The summed E-state index contributed by atoms with van der Waals surface area (Å²) in [7, 11) is 2.07. The number of likely N-dealkylation sites (N-methyl/N-ethyl adjacent to an activating group) is 1. The van der Waals surface area contributed by atoms with Gasteiger partial charge in [-0.05, 0) is 7.05 Å². The fourth-order valence-electron chi connectivity index (χ4n) is 2.26. The predicted molar refractivity (Wildman–Crippen MR) is 70.2 cm³/mol. The van der Waals surface area contributed by atoms with E-state index >= 15 is 0 Å². The minimum absolute atomic E-state index is 0.221. The molecule has 0 aliphatic carbocycles. The van der Waals surface area contributed by atoms with Crippen LogP contribution in [0, 0.1) is 0 Å². The molecule has 1 aliphatic heterocycles. The van der Waals surface area contributed by atoms with E-state index in [1.54, 1.807) is 0 Å². The third-order valence-corrected chi connectivity index (χ3v) is 3.55. The minimum atomic E-state index is 0.221. The van der Waals surface area contributed by atoms with Crippen LogP contribution in [0.5, 0.6) is 0 Å². The lowest BCUT2D eigenvalue weighted by molar-refractivity contribution is 0.0539. The second-order valence-corrected chi connectivity index (χ2v) is 4.91. The van der Waals surface area contributed by atoms with Crippen molar-refractivity contribution < 1.29 is 5.11 Å². The van der Waals surface area contributed by atoms with E-state index in [2.05, 4.69) is 33.7 Å². The lowest BCUT2D eigenvalue weighted by Gasteiger charge is -2.38. The molecule has 1 saturated heterocycles. The molecule has 0 radical (unpaired) electrons. The van der Waals surface area contributed by atoms with Crippen molar-refractivity contribution in [1.29, 1.82) is 0 Å². The number of aliphatic hydroxyl groups is 1. The van der Waals surface area contributed by atoms with Crippen LogP contribution in [0.4, 0.5) is 0 Å². The number of piperazine rings is 1. The molecule has 0 bridgehead atoms. The van der Waals surface area contributed by atoms with Gasteiger partial charge in [-0.1, -0.05) is 6.92 Å². The van der Waals surface area contributed by atoms with E-state index in [9.17, 15) is 5.11 Å². The Bertz CT molecular complexity index is 368. The van der Waals surface area contributed by atoms with Crippen LogP contribution in [0.15, 0.2) is 12.4 Å². The Morgan fingerprint density at radius 2 is 2.06 bits per heavy atom. The minimum Gasteiger partial charge on any atom is -0.395 e. The molecule has 2 rings (SSSR count). The number of aliphatic hydroxyl groups excluding tert-OH is 1. The maximum atomic E-state index is 9.32. The molecule has 1 atom stereocenters. The molecule has 5 heteroatoms. The molecule has 1 unspecified atom stereocenters. The van der Waals surface area contributed by atoms with Crippen LogP contribution in [-0.2, 0) is 13.0 Å². The van der Waals surface area contributed by atoms with Gasteiger partial charge in [-0.25, -0.2) is 9.97 Å². The normalized spacial score (nSPS) is 22.3. The van der Waals surface area contributed by atoms with E-state index in [0.717, 1.165) is 44.0 Å². The Hall–Kier alpha value is -1.04. The molecule has 2 heterocycles. The van der Waals surface area contributed by atoms with Gasteiger partial charge in [-0.2, -0.15) is 0 Å². The maximum absolute atomic E-state index is 9.32.